The number of benzene rings is 2. The summed E-state index contributed by atoms with van der Waals surface area (Å²) in [4.78, 5) is 0. The fourth-order valence-corrected chi connectivity index (χ4v) is 2.69. The first-order valence-corrected chi connectivity index (χ1v) is 7.27. The van der Waals surface area contributed by atoms with E-state index in [0.29, 0.717) is 5.75 Å². The number of fused-ring (bicyclic) bond motifs is 1. The lowest BCUT2D eigenvalue weighted by Crippen LogP contribution is -2.04. The van der Waals surface area contributed by atoms with Gasteiger partial charge < -0.3 is 10.2 Å². The fraction of sp³-hybridized carbons (Fsp3) is 0.333. The van der Waals surface area contributed by atoms with E-state index in [1.54, 1.807) is 19.1 Å². The minimum atomic E-state index is 0.250. The molecule has 0 unspecified atom stereocenters. The van der Waals surface area contributed by atoms with Crippen LogP contribution in [0.5, 0.6) is 5.75 Å². The first-order chi connectivity index (χ1) is 9.76. The topological polar surface area (TPSA) is 40.5 Å². The maximum absolute atomic E-state index is 9.34. The van der Waals surface area contributed by atoms with Crippen molar-refractivity contribution in [2.24, 2.45) is 0 Å². The lowest BCUT2D eigenvalue weighted by Gasteiger charge is -2.19. The lowest BCUT2D eigenvalue weighted by atomic mass is 9.86. The van der Waals surface area contributed by atoms with Crippen LogP contribution in [-0.4, -0.2) is 16.8 Å². The quantitative estimate of drug-likeness (QED) is 0.824. The third-order valence-electron chi connectivity index (χ3n) is 3.57. The third-order valence-corrected chi connectivity index (χ3v) is 3.57. The second kappa shape index (κ2) is 7.11. The summed E-state index contributed by atoms with van der Waals surface area (Å²) in [5.41, 5.74) is 5.55. The predicted octanol–water partition coefficient (Wildman–Crippen LogP) is 3.94. The second-order valence-electron chi connectivity index (χ2n) is 5.01. The highest BCUT2D eigenvalue weighted by Gasteiger charge is 2.13. The number of rotatable bonds is 1. The Kier molecular flexibility index (Phi) is 5.19. The van der Waals surface area contributed by atoms with E-state index in [4.69, 9.17) is 5.11 Å². The van der Waals surface area contributed by atoms with E-state index in [2.05, 4.69) is 18.2 Å². The van der Waals surface area contributed by atoms with Gasteiger partial charge in [-0.05, 0) is 67.0 Å². The van der Waals surface area contributed by atoms with Gasteiger partial charge in [0.25, 0.3) is 0 Å². The van der Waals surface area contributed by atoms with E-state index in [-0.39, 0.29) is 6.61 Å². The van der Waals surface area contributed by atoms with Gasteiger partial charge >= 0.3 is 0 Å². The van der Waals surface area contributed by atoms with Gasteiger partial charge in [-0.3, -0.25) is 0 Å². The molecule has 3 rings (SSSR count). The van der Waals surface area contributed by atoms with Gasteiger partial charge in [-0.15, -0.1) is 0 Å². The summed E-state index contributed by atoms with van der Waals surface area (Å²) in [6.07, 6.45) is 5.00. The number of phenolic OH excluding ortho intramolecular Hbond substituents is 1. The zero-order valence-electron chi connectivity index (χ0n) is 12.0. The molecular formula is C18H22O2. The molecule has 2 nitrogen and oxygen atoms in total. The van der Waals surface area contributed by atoms with Crippen LogP contribution in [0, 0.1) is 0 Å². The van der Waals surface area contributed by atoms with Crippen molar-refractivity contribution in [3.8, 4) is 16.9 Å². The van der Waals surface area contributed by atoms with Crippen molar-refractivity contribution in [1.82, 2.24) is 0 Å². The average Bonchev–Trinajstić information content (AvgIpc) is 2.48. The van der Waals surface area contributed by atoms with Crippen molar-refractivity contribution in [1.29, 1.82) is 0 Å². The maximum atomic E-state index is 9.34. The fourth-order valence-electron chi connectivity index (χ4n) is 2.69. The van der Waals surface area contributed by atoms with Gasteiger partial charge in [-0.25, -0.2) is 0 Å². The molecule has 0 atom stereocenters. The van der Waals surface area contributed by atoms with Crippen LogP contribution >= 0.6 is 0 Å². The molecule has 0 saturated carbocycles. The molecule has 0 spiro atoms. The van der Waals surface area contributed by atoms with E-state index in [1.165, 1.54) is 47.9 Å². The van der Waals surface area contributed by atoms with Gasteiger partial charge in [-0.1, -0.05) is 30.3 Å². The van der Waals surface area contributed by atoms with Gasteiger partial charge in [0.15, 0.2) is 0 Å². The molecule has 0 heterocycles. The zero-order chi connectivity index (χ0) is 14.4. The van der Waals surface area contributed by atoms with Crippen molar-refractivity contribution in [2.75, 3.05) is 6.61 Å². The lowest BCUT2D eigenvalue weighted by molar-refractivity contribution is 0.318. The molecule has 0 aromatic heterocycles. The van der Waals surface area contributed by atoms with Crippen LogP contribution in [0.4, 0.5) is 0 Å². The van der Waals surface area contributed by atoms with E-state index in [9.17, 15) is 5.11 Å². The number of hydrogen-bond acceptors (Lipinski definition) is 2. The smallest absolute Gasteiger partial charge is 0.115 e. The van der Waals surface area contributed by atoms with E-state index >= 15 is 0 Å². The molecule has 0 amide bonds. The van der Waals surface area contributed by atoms with E-state index < -0.39 is 0 Å². The minimum Gasteiger partial charge on any atom is -0.508 e. The number of aliphatic hydroxyl groups excluding tert-OH is 1. The summed E-state index contributed by atoms with van der Waals surface area (Å²) in [7, 11) is 0. The van der Waals surface area contributed by atoms with Gasteiger partial charge in [0, 0.05) is 6.61 Å². The van der Waals surface area contributed by atoms with Gasteiger partial charge in [0.05, 0.1) is 0 Å². The highest BCUT2D eigenvalue weighted by molar-refractivity contribution is 5.69. The number of aryl methyl sites for hydroxylation is 1. The van der Waals surface area contributed by atoms with Gasteiger partial charge in [0.1, 0.15) is 5.75 Å². The summed E-state index contributed by atoms with van der Waals surface area (Å²) in [6, 6.07) is 14.1. The summed E-state index contributed by atoms with van der Waals surface area (Å²) in [6.45, 7) is 1.93. The standard InChI is InChI=1S/C16H16O.C2H6O/c17-14-10-8-13(9-11-14)16-7-3-5-12-4-1-2-6-15(12)16;1-2-3/h3,5,7-11,17H,1-2,4,6H2;3H,2H2,1H3. The Labute approximate surface area is 120 Å². The van der Waals surface area contributed by atoms with Crippen molar-refractivity contribution in [3.05, 3.63) is 53.6 Å². The summed E-state index contributed by atoms with van der Waals surface area (Å²) in [5.74, 6) is 0.332. The predicted molar refractivity (Wildman–Crippen MR) is 82.9 cm³/mol. The Morgan fingerprint density at radius 1 is 0.950 bits per heavy atom. The Balaban J connectivity index is 0.000000452. The molecular weight excluding hydrogens is 248 g/mol. The van der Waals surface area contributed by atoms with Crippen molar-refractivity contribution < 1.29 is 10.2 Å². The first kappa shape index (κ1) is 14.6. The number of phenols is 1. The molecule has 0 bridgehead atoms. The van der Waals surface area contributed by atoms with Crippen LogP contribution in [0.1, 0.15) is 30.9 Å². The average molecular weight is 270 g/mol. The molecule has 1 aliphatic rings. The molecule has 0 fully saturated rings. The highest BCUT2D eigenvalue weighted by atomic mass is 16.3. The van der Waals surface area contributed by atoms with Crippen molar-refractivity contribution in [3.63, 3.8) is 0 Å². The largest absolute Gasteiger partial charge is 0.508 e. The summed E-state index contributed by atoms with van der Waals surface area (Å²) >= 11 is 0. The Bertz CT molecular complexity index is 544. The zero-order valence-corrected chi connectivity index (χ0v) is 12.0. The van der Waals surface area contributed by atoms with Gasteiger partial charge in [0.2, 0.25) is 0 Å². The Hall–Kier alpha value is -1.80. The monoisotopic (exact) mass is 270 g/mol. The molecule has 1 aliphatic carbocycles. The molecule has 20 heavy (non-hydrogen) atoms. The molecule has 0 radical (unpaired) electrons. The Morgan fingerprint density at radius 2 is 1.60 bits per heavy atom. The molecule has 0 aliphatic heterocycles. The summed E-state index contributed by atoms with van der Waals surface area (Å²) in [5, 5.41) is 16.9. The maximum Gasteiger partial charge on any atom is 0.115 e. The van der Waals surface area contributed by atoms with Crippen LogP contribution in [0.15, 0.2) is 42.5 Å². The van der Waals surface area contributed by atoms with Crippen molar-refractivity contribution in [2.45, 2.75) is 32.6 Å². The van der Waals surface area contributed by atoms with Crippen LogP contribution in [0.2, 0.25) is 0 Å². The molecule has 2 N–H and O–H groups in total. The van der Waals surface area contributed by atoms with Crippen LogP contribution < -0.4 is 0 Å². The van der Waals surface area contributed by atoms with E-state index in [1.807, 2.05) is 12.1 Å². The minimum absolute atomic E-state index is 0.250. The second-order valence-corrected chi connectivity index (χ2v) is 5.01. The SMILES string of the molecule is CCO.Oc1ccc(-c2cccc3c2CCCC3)cc1. The number of aliphatic hydroxyl groups is 1. The Morgan fingerprint density at radius 3 is 2.30 bits per heavy atom. The van der Waals surface area contributed by atoms with Gasteiger partial charge in [-0.2, -0.15) is 0 Å². The summed E-state index contributed by atoms with van der Waals surface area (Å²) < 4.78 is 0. The molecule has 2 aromatic carbocycles. The van der Waals surface area contributed by atoms with Crippen LogP contribution in [-0.2, 0) is 12.8 Å². The first-order valence-electron chi connectivity index (χ1n) is 7.27. The molecule has 106 valence electrons. The van der Waals surface area contributed by atoms with Crippen molar-refractivity contribution >= 4 is 0 Å². The third kappa shape index (κ3) is 3.40. The van der Waals surface area contributed by atoms with Crippen LogP contribution in [0.3, 0.4) is 0 Å². The molecule has 2 aromatic rings. The van der Waals surface area contributed by atoms with E-state index in [0.717, 1.165) is 0 Å². The van der Waals surface area contributed by atoms with Crippen LogP contribution in [0.25, 0.3) is 11.1 Å². The molecule has 2 heteroatoms. The number of aromatic hydroxyl groups is 1. The highest BCUT2D eigenvalue weighted by Crippen LogP contribution is 2.32. The molecule has 0 saturated heterocycles. The normalized spacial score (nSPS) is 13.1. The number of hydrogen-bond donors (Lipinski definition) is 2.